The summed E-state index contributed by atoms with van der Waals surface area (Å²) in [4.78, 5) is 13.1. The first-order chi connectivity index (χ1) is 11.4. The SMILES string of the molecule is COC(OC)(OC(C)C)C(=O)c1cccn1[C@H](C)c1ccccc1. The molecule has 0 fully saturated rings. The largest absolute Gasteiger partial charge is 0.352 e. The van der Waals surface area contributed by atoms with E-state index in [1.54, 1.807) is 6.07 Å². The van der Waals surface area contributed by atoms with Crippen molar-refractivity contribution in [2.45, 2.75) is 38.9 Å². The Morgan fingerprint density at radius 2 is 1.62 bits per heavy atom. The highest BCUT2D eigenvalue weighted by Crippen LogP contribution is 2.26. The van der Waals surface area contributed by atoms with E-state index in [0.29, 0.717) is 5.69 Å². The first kappa shape index (κ1) is 18.4. The summed E-state index contributed by atoms with van der Waals surface area (Å²) in [6.07, 6.45) is 1.64. The van der Waals surface area contributed by atoms with Gasteiger partial charge in [0, 0.05) is 20.4 Å². The third-order valence-electron chi connectivity index (χ3n) is 3.92. The molecule has 0 aliphatic rings. The zero-order chi connectivity index (χ0) is 17.7. The van der Waals surface area contributed by atoms with Crippen LogP contribution in [0.3, 0.4) is 0 Å². The number of rotatable bonds is 8. The fourth-order valence-corrected chi connectivity index (χ4v) is 2.70. The maximum absolute atomic E-state index is 13.1. The van der Waals surface area contributed by atoms with Crippen LogP contribution in [0.25, 0.3) is 0 Å². The van der Waals surface area contributed by atoms with E-state index in [2.05, 4.69) is 0 Å². The Kier molecular flexibility index (Phi) is 5.94. The van der Waals surface area contributed by atoms with E-state index >= 15 is 0 Å². The molecule has 2 rings (SSSR count). The smallest absolute Gasteiger partial charge is 0.338 e. The topological polar surface area (TPSA) is 49.7 Å². The Balaban J connectivity index is 2.39. The summed E-state index contributed by atoms with van der Waals surface area (Å²) in [6, 6.07) is 13.6. The van der Waals surface area contributed by atoms with Gasteiger partial charge < -0.3 is 18.8 Å². The number of benzene rings is 1. The first-order valence-corrected chi connectivity index (χ1v) is 8.00. The molecule has 0 amide bonds. The molecular weight excluding hydrogens is 306 g/mol. The van der Waals surface area contributed by atoms with Gasteiger partial charge in [-0.25, -0.2) is 0 Å². The minimum absolute atomic E-state index is 0.00869. The molecule has 5 nitrogen and oxygen atoms in total. The molecule has 0 aliphatic heterocycles. The molecule has 0 bridgehead atoms. The quantitative estimate of drug-likeness (QED) is 0.547. The number of aromatic nitrogens is 1. The molecule has 0 spiro atoms. The number of ether oxygens (including phenoxy) is 3. The van der Waals surface area contributed by atoms with Crippen molar-refractivity contribution in [1.82, 2.24) is 4.57 Å². The summed E-state index contributed by atoms with van der Waals surface area (Å²) in [5.41, 5.74) is 1.57. The molecule has 1 aromatic carbocycles. The van der Waals surface area contributed by atoms with Crippen LogP contribution >= 0.6 is 0 Å². The molecule has 130 valence electrons. The van der Waals surface area contributed by atoms with Crippen molar-refractivity contribution in [3.8, 4) is 0 Å². The van der Waals surface area contributed by atoms with Gasteiger partial charge in [-0.15, -0.1) is 0 Å². The number of methoxy groups -OCH3 is 2. The van der Waals surface area contributed by atoms with E-state index in [-0.39, 0.29) is 17.9 Å². The van der Waals surface area contributed by atoms with Gasteiger partial charge in [-0.1, -0.05) is 30.3 Å². The number of hydrogen-bond acceptors (Lipinski definition) is 4. The molecule has 0 saturated heterocycles. The lowest BCUT2D eigenvalue weighted by atomic mass is 10.1. The summed E-state index contributed by atoms with van der Waals surface area (Å²) < 4.78 is 18.2. The lowest BCUT2D eigenvalue weighted by molar-refractivity contribution is -0.335. The predicted molar refractivity (Wildman–Crippen MR) is 92.0 cm³/mol. The Labute approximate surface area is 143 Å². The van der Waals surface area contributed by atoms with Gasteiger partial charge in [0.2, 0.25) is 0 Å². The Morgan fingerprint density at radius 3 is 2.17 bits per heavy atom. The van der Waals surface area contributed by atoms with Crippen LogP contribution in [0.2, 0.25) is 0 Å². The Morgan fingerprint density at radius 1 is 1.00 bits per heavy atom. The number of Topliss-reactive ketones (excluding diaryl/α,β-unsaturated/α-hetero) is 1. The van der Waals surface area contributed by atoms with E-state index in [1.807, 2.05) is 67.9 Å². The van der Waals surface area contributed by atoms with E-state index in [1.165, 1.54) is 14.2 Å². The van der Waals surface area contributed by atoms with Crippen LogP contribution in [0.1, 0.15) is 42.9 Å². The Hall–Kier alpha value is -1.95. The van der Waals surface area contributed by atoms with Crippen molar-refractivity contribution < 1.29 is 19.0 Å². The highest BCUT2D eigenvalue weighted by atomic mass is 16.9. The highest BCUT2D eigenvalue weighted by Gasteiger charge is 2.44. The predicted octanol–water partition coefficient (Wildman–Crippen LogP) is 3.65. The van der Waals surface area contributed by atoms with Gasteiger partial charge in [0.05, 0.1) is 17.8 Å². The van der Waals surface area contributed by atoms with E-state index < -0.39 is 5.97 Å². The van der Waals surface area contributed by atoms with Gasteiger partial charge in [0.1, 0.15) is 0 Å². The van der Waals surface area contributed by atoms with Crippen LogP contribution in [-0.4, -0.2) is 36.6 Å². The number of carbonyl (C=O) groups is 1. The van der Waals surface area contributed by atoms with Gasteiger partial charge in [-0.2, -0.15) is 0 Å². The average molecular weight is 331 g/mol. The third-order valence-corrected chi connectivity index (χ3v) is 3.92. The zero-order valence-corrected chi connectivity index (χ0v) is 14.9. The van der Waals surface area contributed by atoms with Crippen molar-refractivity contribution >= 4 is 5.78 Å². The van der Waals surface area contributed by atoms with E-state index in [9.17, 15) is 4.79 Å². The summed E-state index contributed by atoms with van der Waals surface area (Å²) in [6.45, 7) is 5.69. The second-order valence-corrected chi connectivity index (χ2v) is 5.85. The second kappa shape index (κ2) is 7.75. The minimum Gasteiger partial charge on any atom is -0.338 e. The summed E-state index contributed by atoms with van der Waals surface area (Å²) in [5.74, 6) is -2.12. The maximum atomic E-state index is 13.1. The highest BCUT2D eigenvalue weighted by molar-refractivity contribution is 5.99. The van der Waals surface area contributed by atoms with E-state index in [4.69, 9.17) is 14.2 Å². The fourth-order valence-electron chi connectivity index (χ4n) is 2.70. The minimum atomic E-state index is -1.75. The molecule has 0 unspecified atom stereocenters. The standard InChI is InChI=1S/C19H25NO4/c1-14(2)24-19(22-4,23-5)18(21)17-12-9-13-20(17)15(3)16-10-7-6-8-11-16/h6-15H,1-5H3/t15-/m1/s1. The second-order valence-electron chi connectivity index (χ2n) is 5.85. The van der Waals surface area contributed by atoms with Gasteiger partial charge in [-0.05, 0) is 38.5 Å². The van der Waals surface area contributed by atoms with Gasteiger partial charge >= 0.3 is 5.97 Å². The average Bonchev–Trinajstić information content (AvgIpc) is 3.08. The molecule has 5 heteroatoms. The van der Waals surface area contributed by atoms with Gasteiger partial charge in [0.25, 0.3) is 5.78 Å². The number of carbonyl (C=O) groups excluding carboxylic acids is 1. The number of hydrogen-bond donors (Lipinski definition) is 0. The van der Waals surface area contributed by atoms with Gasteiger partial charge in [0.15, 0.2) is 0 Å². The summed E-state index contributed by atoms with van der Waals surface area (Å²) >= 11 is 0. The van der Waals surface area contributed by atoms with Crippen LogP contribution in [0.5, 0.6) is 0 Å². The van der Waals surface area contributed by atoms with Crippen LogP contribution in [-0.2, 0) is 14.2 Å². The van der Waals surface area contributed by atoms with Crippen molar-refractivity contribution in [2.24, 2.45) is 0 Å². The molecule has 1 heterocycles. The van der Waals surface area contributed by atoms with Crippen molar-refractivity contribution in [3.05, 3.63) is 59.9 Å². The fraction of sp³-hybridized carbons (Fsp3) is 0.421. The summed E-state index contributed by atoms with van der Waals surface area (Å²) in [5, 5.41) is 0. The lowest BCUT2D eigenvalue weighted by Gasteiger charge is -2.31. The van der Waals surface area contributed by atoms with E-state index in [0.717, 1.165) is 5.56 Å². The third kappa shape index (κ3) is 3.59. The molecule has 1 atom stereocenters. The molecule has 24 heavy (non-hydrogen) atoms. The molecule has 0 aliphatic carbocycles. The van der Waals surface area contributed by atoms with Gasteiger partial charge in [-0.3, -0.25) is 4.79 Å². The van der Waals surface area contributed by atoms with Crippen LogP contribution < -0.4 is 0 Å². The molecular formula is C19H25NO4. The molecule has 1 aromatic heterocycles. The van der Waals surface area contributed by atoms with Crippen LogP contribution in [0, 0.1) is 0 Å². The normalized spacial score (nSPS) is 13.2. The monoisotopic (exact) mass is 331 g/mol. The summed E-state index contributed by atoms with van der Waals surface area (Å²) in [7, 11) is 2.80. The van der Waals surface area contributed by atoms with Crippen molar-refractivity contribution in [1.29, 1.82) is 0 Å². The number of ketones is 1. The molecule has 0 saturated carbocycles. The zero-order valence-electron chi connectivity index (χ0n) is 14.9. The van der Waals surface area contributed by atoms with Crippen molar-refractivity contribution in [3.63, 3.8) is 0 Å². The molecule has 2 aromatic rings. The van der Waals surface area contributed by atoms with Crippen molar-refractivity contribution in [2.75, 3.05) is 14.2 Å². The molecule has 0 radical (unpaired) electrons. The first-order valence-electron chi connectivity index (χ1n) is 8.00. The number of nitrogens with zero attached hydrogens (tertiary/aromatic N) is 1. The van der Waals surface area contributed by atoms with Crippen LogP contribution in [0.4, 0.5) is 0 Å². The molecule has 0 N–H and O–H groups in total. The van der Waals surface area contributed by atoms with Crippen LogP contribution in [0.15, 0.2) is 48.7 Å². The lowest BCUT2D eigenvalue weighted by Crippen LogP contribution is -2.48. The Bertz CT molecular complexity index is 659. The maximum Gasteiger partial charge on any atom is 0.352 e.